The van der Waals surface area contributed by atoms with Crippen molar-refractivity contribution in [1.29, 1.82) is 0 Å². The van der Waals surface area contributed by atoms with Gasteiger partial charge in [0.2, 0.25) is 5.91 Å². The van der Waals surface area contributed by atoms with Gasteiger partial charge in [0, 0.05) is 18.9 Å². The molecule has 2 amide bonds. The Morgan fingerprint density at radius 3 is 2.50 bits per heavy atom. The van der Waals surface area contributed by atoms with E-state index in [-0.39, 0.29) is 17.7 Å². The van der Waals surface area contributed by atoms with Crippen LogP contribution in [0.1, 0.15) is 22.8 Å². The molecule has 136 valence electrons. The first kappa shape index (κ1) is 19.0. The van der Waals surface area contributed by atoms with E-state index in [0.29, 0.717) is 5.75 Å². The van der Waals surface area contributed by atoms with E-state index in [4.69, 9.17) is 15.2 Å². The predicted molar refractivity (Wildman–Crippen MR) is 94.9 cm³/mol. The number of nitrogens with two attached hydrogens (primary N) is 1. The number of hydrogen-bond donors (Lipinski definition) is 2. The number of carbonyl (C=O) groups is 3. The number of primary amides is 1. The fourth-order valence-electron chi connectivity index (χ4n) is 2.42. The van der Waals surface area contributed by atoms with Gasteiger partial charge in [-0.3, -0.25) is 14.4 Å². The van der Waals surface area contributed by atoms with Gasteiger partial charge in [-0.15, -0.1) is 0 Å². The molecule has 0 aliphatic carbocycles. The van der Waals surface area contributed by atoms with Crippen LogP contribution in [0.2, 0.25) is 0 Å². The fraction of sp³-hybridized carbons (Fsp3) is 0.211. The number of benzene rings is 2. The summed E-state index contributed by atoms with van der Waals surface area (Å²) in [5, 5.41) is 2.60. The maximum absolute atomic E-state index is 12.5. The van der Waals surface area contributed by atoms with E-state index >= 15 is 0 Å². The fourth-order valence-corrected chi connectivity index (χ4v) is 2.42. The first-order valence-corrected chi connectivity index (χ1v) is 7.91. The van der Waals surface area contributed by atoms with E-state index in [1.807, 2.05) is 0 Å². The molecule has 0 heterocycles. The maximum atomic E-state index is 12.5. The number of rotatable bonds is 7. The summed E-state index contributed by atoms with van der Waals surface area (Å²) in [5.74, 6) is -0.817. The first-order chi connectivity index (χ1) is 12.4. The number of hydrogen-bond acceptors (Lipinski definition) is 5. The van der Waals surface area contributed by atoms with Gasteiger partial charge in [-0.2, -0.15) is 0 Å². The van der Waals surface area contributed by atoms with Gasteiger partial charge in [-0.05, 0) is 29.8 Å². The van der Waals surface area contributed by atoms with Crippen LogP contribution in [0.4, 0.5) is 0 Å². The molecule has 0 unspecified atom stereocenters. The van der Waals surface area contributed by atoms with Gasteiger partial charge >= 0.3 is 5.97 Å². The Hall–Kier alpha value is -3.35. The zero-order valence-electron chi connectivity index (χ0n) is 14.5. The second-order valence-corrected chi connectivity index (χ2v) is 5.57. The van der Waals surface area contributed by atoms with Gasteiger partial charge in [-0.25, -0.2) is 0 Å². The highest BCUT2D eigenvalue weighted by Gasteiger charge is 2.21. The van der Waals surface area contributed by atoms with E-state index in [2.05, 4.69) is 5.32 Å². The number of nitrogens with one attached hydrogen (secondary N) is 1. The van der Waals surface area contributed by atoms with Gasteiger partial charge in [0.05, 0.1) is 7.11 Å². The minimum Gasteiger partial charge on any atom is -0.496 e. The largest absolute Gasteiger partial charge is 0.496 e. The number of methoxy groups -OCH3 is 1. The Kier molecular flexibility index (Phi) is 6.32. The van der Waals surface area contributed by atoms with Crippen molar-refractivity contribution >= 4 is 17.8 Å². The molecule has 26 heavy (non-hydrogen) atoms. The van der Waals surface area contributed by atoms with Crippen LogP contribution in [0.15, 0.2) is 48.5 Å². The summed E-state index contributed by atoms with van der Waals surface area (Å²) in [6, 6.07) is 12.3. The van der Waals surface area contributed by atoms with Gasteiger partial charge in [0.1, 0.15) is 17.5 Å². The van der Waals surface area contributed by atoms with Crippen molar-refractivity contribution < 1.29 is 23.9 Å². The highest BCUT2D eigenvalue weighted by molar-refractivity contribution is 5.97. The number of ether oxygens (including phenoxy) is 2. The minimum absolute atomic E-state index is 0.189. The van der Waals surface area contributed by atoms with Gasteiger partial charge in [0.15, 0.2) is 0 Å². The molecular formula is C19H20N2O5. The standard InChI is InChI=1S/C19H20N2O5/c1-12(22)26-15-8-5-7-14(10-15)19(24)21-16(18(20)23)11-13-6-3-4-9-17(13)25-2/h3-10,16H,11H2,1-2H3,(H2,20,23)(H,21,24)/t16-/m1/s1. The highest BCUT2D eigenvalue weighted by atomic mass is 16.5. The molecule has 2 aromatic rings. The molecule has 0 aliphatic heterocycles. The smallest absolute Gasteiger partial charge is 0.308 e. The van der Waals surface area contributed by atoms with Crippen molar-refractivity contribution in [1.82, 2.24) is 5.32 Å². The van der Waals surface area contributed by atoms with Gasteiger partial charge in [0.25, 0.3) is 5.91 Å². The van der Waals surface area contributed by atoms with Crippen molar-refractivity contribution in [3.05, 3.63) is 59.7 Å². The number of carbonyl (C=O) groups excluding carboxylic acids is 3. The second kappa shape index (κ2) is 8.66. The van der Waals surface area contributed by atoms with Crippen LogP contribution in [-0.2, 0) is 16.0 Å². The van der Waals surface area contributed by atoms with Crippen LogP contribution >= 0.6 is 0 Å². The minimum atomic E-state index is -0.920. The highest BCUT2D eigenvalue weighted by Crippen LogP contribution is 2.19. The molecule has 1 atom stereocenters. The first-order valence-electron chi connectivity index (χ1n) is 7.91. The molecule has 0 saturated carbocycles. The molecule has 0 spiro atoms. The van der Waals surface area contributed by atoms with Crippen LogP contribution < -0.4 is 20.5 Å². The third kappa shape index (κ3) is 5.07. The van der Waals surface area contributed by atoms with Gasteiger partial charge < -0.3 is 20.5 Å². The summed E-state index contributed by atoms with van der Waals surface area (Å²) in [7, 11) is 1.53. The average Bonchev–Trinajstić information content (AvgIpc) is 2.61. The Morgan fingerprint density at radius 1 is 1.12 bits per heavy atom. The van der Waals surface area contributed by atoms with Crippen molar-refractivity contribution in [3.8, 4) is 11.5 Å². The lowest BCUT2D eigenvalue weighted by molar-refractivity contribution is -0.131. The lowest BCUT2D eigenvalue weighted by atomic mass is 10.0. The average molecular weight is 356 g/mol. The molecule has 7 heteroatoms. The molecule has 3 N–H and O–H groups in total. The van der Waals surface area contributed by atoms with E-state index in [1.165, 1.54) is 20.1 Å². The Labute approximate surface area is 151 Å². The quantitative estimate of drug-likeness (QED) is 0.577. The van der Waals surface area contributed by atoms with Crippen LogP contribution in [-0.4, -0.2) is 30.9 Å². The normalized spacial score (nSPS) is 11.3. The van der Waals surface area contributed by atoms with Crippen LogP contribution in [0.3, 0.4) is 0 Å². The molecule has 0 saturated heterocycles. The third-order valence-corrected chi connectivity index (χ3v) is 3.62. The molecule has 0 radical (unpaired) electrons. The lowest BCUT2D eigenvalue weighted by Gasteiger charge is -2.17. The predicted octanol–water partition coefficient (Wildman–Crippen LogP) is 1.45. The number of amides is 2. The second-order valence-electron chi connectivity index (χ2n) is 5.57. The monoisotopic (exact) mass is 356 g/mol. The van der Waals surface area contributed by atoms with Crippen LogP contribution in [0.5, 0.6) is 11.5 Å². The van der Waals surface area contributed by atoms with Crippen LogP contribution in [0, 0.1) is 0 Å². The summed E-state index contributed by atoms with van der Waals surface area (Å²) >= 11 is 0. The van der Waals surface area contributed by atoms with E-state index < -0.39 is 23.8 Å². The topological polar surface area (TPSA) is 108 Å². The molecule has 2 rings (SSSR count). The summed E-state index contributed by atoms with van der Waals surface area (Å²) in [5.41, 5.74) is 6.42. The van der Waals surface area contributed by atoms with Crippen LogP contribution in [0.25, 0.3) is 0 Å². The molecule has 0 aliphatic rings. The Morgan fingerprint density at radius 2 is 1.85 bits per heavy atom. The zero-order chi connectivity index (χ0) is 19.1. The molecule has 0 bridgehead atoms. The molecular weight excluding hydrogens is 336 g/mol. The van der Waals surface area contributed by atoms with Crippen molar-refractivity contribution in [2.75, 3.05) is 7.11 Å². The Balaban J connectivity index is 2.16. The number of esters is 1. The lowest BCUT2D eigenvalue weighted by Crippen LogP contribution is -2.45. The maximum Gasteiger partial charge on any atom is 0.308 e. The molecule has 7 nitrogen and oxygen atoms in total. The zero-order valence-corrected chi connectivity index (χ0v) is 14.5. The molecule has 2 aromatic carbocycles. The van der Waals surface area contributed by atoms with Crippen molar-refractivity contribution in [3.63, 3.8) is 0 Å². The SMILES string of the molecule is COc1ccccc1C[C@@H](NC(=O)c1cccc(OC(C)=O)c1)C(N)=O. The number of para-hydroxylation sites is 1. The summed E-state index contributed by atoms with van der Waals surface area (Å²) in [4.78, 5) is 35.3. The van der Waals surface area contributed by atoms with E-state index in [0.717, 1.165) is 5.56 Å². The summed E-state index contributed by atoms with van der Waals surface area (Å²) < 4.78 is 10.2. The van der Waals surface area contributed by atoms with Crippen molar-refractivity contribution in [2.45, 2.75) is 19.4 Å². The Bertz CT molecular complexity index is 819. The summed E-state index contributed by atoms with van der Waals surface area (Å²) in [6.45, 7) is 1.27. The summed E-state index contributed by atoms with van der Waals surface area (Å²) in [6.07, 6.45) is 0.189. The van der Waals surface area contributed by atoms with Gasteiger partial charge in [-0.1, -0.05) is 24.3 Å². The third-order valence-electron chi connectivity index (χ3n) is 3.62. The van der Waals surface area contributed by atoms with E-state index in [9.17, 15) is 14.4 Å². The van der Waals surface area contributed by atoms with E-state index in [1.54, 1.807) is 42.5 Å². The molecule has 0 fully saturated rings. The molecule has 0 aromatic heterocycles. The van der Waals surface area contributed by atoms with Crippen molar-refractivity contribution in [2.24, 2.45) is 5.73 Å².